The number of hydrogen-bond donors (Lipinski definition) is 10. The molecule has 2 aliphatic heterocycles. The lowest BCUT2D eigenvalue weighted by Crippen LogP contribution is -2.70. The van der Waals surface area contributed by atoms with E-state index in [1.165, 1.54) is 231 Å². The van der Waals surface area contributed by atoms with Gasteiger partial charge in [0.25, 0.3) is 0 Å². The van der Waals surface area contributed by atoms with Gasteiger partial charge in [0.05, 0.1) is 13.2 Å². The van der Waals surface area contributed by atoms with E-state index in [2.05, 4.69) is 27.7 Å². The molecule has 1 aliphatic carbocycles. The van der Waals surface area contributed by atoms with E-state index in [0.29, 0.717) is 32.1 Å². The molecule has 26 heteroatoms. The maximum absolute atomic E-state index is 14.9. The maximum atomic E-state index is 14.9. The molecule has 708 valence electrons. The molecule has 18 unspecified atom stereocenters. The first-order valence-corrected chi connectivity index (χ1v) is 50.8. The lowest BCUT2D eigenvalue weighted by atomic mass is 9.84. The van der Waals surface area contributed by atoms with Crippen LogP contribution < -0.4 is 0 Å². The van der Waals surface area contributed by atoms with Crippen LogP contribution in [0.5, 0.6) is 0 Å². The second kappa shape index (κ2) is 73.4. The smallest absolute Gasteiger partial charge is 0.463 e. The standard InChI is InChI=1S/C94H177O25P/c1-5-9-13-17-21-25-29-33-37-41-43-46-50-54-58-62-66-77(96)110-71-74(113-79(98)68-64-60-56-52-48-44-39-35-31-27-23-19-15-11-7-3)72-112-120(108,109)119-92-90(117-93-87(106)83(102)81(100)75(70-95)114-93)86(105)85(104)89(116-80(99)69-65-61-57-53-49-45-40-36-32-28-24-20-16-12-8-4)91(92)118-94-88(107)84(103)82(101)76(115-94)73-111-78(97)67-63-59-55-51-47-42-38-34-30-26-22-18-14-10-6-2/h74-76,81-95,100-107H,5-73H2,1-4H3,(H,108,109). The van der Waals surface area contributed by atoms with Crippen LogP contribution in [0.2, 0.25) is 0 Å². The van der Waals surface area contributed by atoms with Gasteiger partial charge in [0.15, 0.2) is 24.8 Å². The Labute approximate surface area is 725 Å². The van der Waals surface area contributed by atoms with E-state index < -0.39 is 162 Å². The Hall–Kier alpha value is -2.53. The van der Waals surface area contributed by atoms with Crippen molar-refractivity contribution >= 4 is 31.7 Å². The van der Waals surface area contributed by atoms with Crippen molar-refractivity contribution < 1.29 is 122 Å². The molecule has 2 heterocycles. The van der Waals surface area contributed by atoms with E-state index in [1.54, 1.807) is 0 Å². The van der Waals surface area contributed by atoms with E-state index in [9.17, 15) is 74.6 Å². The average Bonchev–Trinajstić information content (AvgIpc) is 0.754. The van der Waals surface area contributed by atoms with Crippen molar-refractivity contribution in [2.75, 3.05) is 26.4 Å². The largest absolute Gasteiger partial charge is 0.472 e. The highest BCUT2D eigenvalue weighted by atomic mass is 31.2. The highest BCUT2D eigenvalue weighted by Gasteiger charge is 2.60. The number of carbonyl (C=O) groups excluding carboxylic acids is 4. The third-order valence-electron chi connectivity index (χ3n) is 24.4. The van der Waals surface area contributed by atoms with Gasteiger partial charge < -0.3 is 88.7 Å². The van der Waals surface area contributed by atoms with Crippen molar-refractivity contribution in [3.05, 3.63) is 0 Å². The maximum Gasteiger partial charge on any atom is 0.472 e. The molecule has 1 saturated carbocycles. The molecule has 0 spiro atoms. The third-order valence-corrected chi connectivity index (χ3v) is 25.3. The van der Waals surface area contributed by atoms with Crippen LogP contribution in [0.15, 0.2) is 0 Å². The number of rotatable bonds is 81. The monoisotopic (exact) mass is 1740 g/mol. The van der Waals surface area contributed by atoms with Crippen molar-refractivity contribution in [3.63, 3.8) is 0 Å². The van der Waals surface area contributed by atoms with Crippen LogP contribution in [-0.4, -0.2) is 205 Å². The molecule has 0 aromatic carbocycles. The van der Waals surface area contributed by atoms with Gasteiger partial charge >= 0.3 is 31.7 Å². The summed E-state index contributed by atoms with van der Waals surface area (Å²) in [6, 6.07) is 0. The molecule has 120 heavy (non-hydrogen) atoms. The lowest BCUT2D eigenvalue weighted by Gasteiger charge is -2.50. The fourth-order valence-electron chi connectivity index (χ4n) is 16.6. The molecule has 10 N–H and O–H groups in total. The minimum Gasteiger partial charge on any atom is -0.463 e. The highest BCUT2D eigenvalue weighted by molar-refractivity contribution is 7.47. The van der Waals surface area contributed by atoms with Crippen molar-refractivity contribution in [1.82, 2.24) is 0 Å². The molecule has 0 aromatic heterocycles. The highest BCUT2D eigenvalue weighted by Crippen LogP contribution is 2.49. The van der Waals surface area contributed by atoms with E-state index in [-0.39, 0.29) is 25.7 Å². The molecule has 0 aromatic rings. The number of phosphoric ester groups is 1. The number of hydrogen-bond acceptors (Lipinski definition) is 24. The van der Waals surface area contributed by atoms with E-state index in [4.69, 9.17) is 46.9 Å². The summed E-state index contributed by atoms with van der Waals surface area (Å²) in [5, 5.41) is 102. The van der Waals surface area contributed by atoms with Crippen LogP contribution >= 0.6 is 7.82 Å². The number of esters is 4. The zero-order valence-electron chi connectivity index (χ0n) is 75.6. The first-order chi connectivity index (χ1) is 58.2. The van der Waals surface area contributed by atoms with Gasteiger partial charge in [-0.2, -0.15) is 0 Å². The van der Waals surface area contributed by atoms with Gasteiger partial charge in [-0.15, -0.1) is 0 Å². The van der Waals surface area contributed by atoms with Crippen molar-refractivity contribution in [2.24, 2.45) is 0 Å². The molecule has 25 nitrogen and oxygen atoms in total. The number of carbonyl (C=O) groups is 4. The van der Waals surface area contributed by atoms with Crippen LogP contribution in [0.1, 0.15) is 445 Å². The summed E-state index contributed by atoms with van der Waals surface area (Å²) in [4.78, 5) is 66.6. The number of unbranched alkanes of at least 4 members (excludes halogenated alkanes) is 57. The van der Waals surface area contributed by atoms with E-state index >= 15 is 0 Å². The molecule has 18 atom stereocenters. The molecule has 2 saturated heterocycles. The Kier molecular flexibility index (Phi) is 68.3. The van der Waals surface area contributed by atoms with Gasteiger partial charge in [0, 0.05) is 25.7 Å². The summed E-state index contributed by atoms with van der Waals surface area (Å²) in [5.41, 5.74) is 0. The fourth-order valence-corrected chi connectivity index (χ4v) is 17.5. The summed E-state index contributed by atoms with van der Waals surface area (Å²) >= 11 is 0. The Bertz CT molecular complexity index is 2490. The predicted molar refractivity (Wildman–Crippen MR) is 467 cm³/mol. The van der Waals surface area contributed by atoms with Gasteiger partial charge in [-0.3, -0.25) is 28.2 Å². The molecular weight excluding hydrogens is 1560 g/mol. The summed E-state index contributed by atoms with van der Waals surface area (Å²) in [6.07, 6.45) is 32.1. The summed E-state index contributed by atoms with van der Waals surface area (Å²) in [6.45, 7) is 5.67. The second-order valence-corrected chi connectivity index (χ2v) is 36.7. The van der Waals surface area contributed by atoms with Gasteiger partial charge in [0.2, 0.25) is 0 Å². The molecule has 3 rings (SSSR count). The summed E-state index contributed by atoms with van der Waals surface area (Å²) < 4.78 is 73.6. The second-order valence-electron chi connectivity index (χ2n) is 35.3. The van der Waals surface area contributed by atoms with Gasteiger partial charge in [-0.1, -0.05) is 394 Å². The zero-order valence-corrected chi connectivity index (χ0v) is 76.5. The SMILES string of the molecule is CCCCCCCCCCCCCCCCCCC(=O)OCC(COP(=O)(O)OC1C(OC2OC(CO)C(O)C(O)C2O)C(O)C(O)C(OC(=O)CCCCCCCCCCCCCCCCC)C1OC1OC(COC(=O)CCCCCCCCCCCCCCCCC)C(O)C(O)C1O)OC(=O)CCCCCCCCCCCCCCCCC. The van der Waals surface area contributed by atoms with Gasteiger partial charge in [-0.25, -0.2) is 4.57 Å². The minimum absolute atomic E-state index is 0.0204. The molecular formula is C94H177O25P. The summed E-state index contributed by atoms with van der Waals surface area (Å²) in [5.74, 6) is -2.93. The Morgan fingerprint density at radius 3 is 0.908 bits per heavy atom. The fraction of sp³-hybridized carbons (Fsp3) is 0.957. The molecule has 0 radical (unpaired) electrons. The molecule has 0 bridgehead atoms. The zero-order chi connectivity index (χ0) is 87.5. The van der Waals surface area contributed by atoms with Crippen LogP contribution in [0, 0.1) is 0 Å². The first-order valence-electron chi connectivity index (χ1n) is 49.3. The summed E-state index contributed by atoms with van der Waals surface area (Å²) in [7, 11) is -5.80. The van der Waals surface area contributed by atoms with Crippen LogP contribution in [0.3, 0.4) is 0 Å². The van der Waals surface area contributed by atoms with E-state index in [1.807, 2.05) is 0 Å². The van der Waals surface area contributed by atoms with Gasteiger partial charge in [-0.05, 0) is 25.7 Å². The normalized spacial score (nSPS) is 24.6. The molecule has 3 aliphatic rings. The lowest BCUT2D eigenvalue weighted by molar-refractivity contribution is -0.360. The van der Waals surface area contributed by atoms with Crippen LogP contribution in [0.25, 0.3) is 0 Å². The van der Waals surface area contributed by atoms with E-state index in [0.717, 1.165) is 128 Å². The Morgan fingerprint density at radius 2 is 0.575 bits per heavy atom. The van der Waals surface area contributed by atoms with Crippen molar-refractivity contribution in [3.8, 4) is 0 Å². The topological polar surface area (TPSA) is 380 Å². The van der Waals surface area contributed by atoms with Crippen LogP contribution in [0.4, 0.5) is 0 Å². The van der Waals surface area contributed by atoms with Crippen molar-refractivity contribution in [1.29, 1.82) is 0 Å². The van der Waals surface area contributed by atoms with Gasteiger partial charge in [0.1, 0.15) is 92.6 Å². The Morgan fingerprint density at radius 1 is 0.300 bits per heavy atom. The molecule has 0 amide bonds. The first kappa shape index (κ1) is 112. The number of aliphatic hydroxyl groups is 9. The minimum atomic E-state index is -5.80. The molecule has 3 fully saturated rings. The van der Waals surface area contributed by atoms with Crippen molar-refractivity contribution in [2.45, 2.75) is 549 Å². The number of ether oxygens (including phenoxy) is 8. The number of aliphatic hydroxyl groups excluding tert-OH is 9. The predicted octanol–water partition coefficient (Wildman–Crippen LogP) is 18.9. The third kappa shape index (κ3) is 52.7. The quantitative estimate of drug-likeness (QED) is 0.0117. The average molecular weight is 1740 g/mol. The van der Waals surface area contributed by atoms with Crippen LogP contribution in [-0.2, 0) is 70.7 Å². The Balaban J connectivity index is 1.89. The number of phosphoric acid groups is 1.